The zero-order chi connectivity index (χ0) is 19.4. The molecule has 1 fully saturated rings. The van der Waals surface area contributed by atoms with Gasteiger partial charge in [0.1, 0.15) is 11.5 Å². The van der Waals surface area contributed by atoms with Gasteiger partial charge in [-0.25, -0.2) is 8.42 Å². The summed E-state index contributed by atoms with van der Waals surface area (Å²) >= 11 is 0. The molecule has 0 aromatic heterocycles. The van der Waals surface area contributed by atoms with E-state index in [9.17, 15) is 18.5 Å². The Morgan fingerprint density at radius 3 is 2.22 bits per heavy atom. The van der Waals surface area contributed by atoms with Crippen LogP contribution in [0, 0.1) is 10.1 Å². The van der Waals surface area contributed by atoms with Gasteiger partial charge in [-0.15, -0.1) is 0 Å². The lowest BCUT2D eigenvalue weighted by atomic mass is 10.2. The minimum Gasteiger partial charge on any atom is -0.497 e. The van der Waals surface area contributed by atoms with Crippen molar-refractivity contribution in [2.24, 2.45) is 0 Å². The fourth-order valence-electron chi connectivity index (χ4n) is 2.91. The molecule has 0 radical (unpaired) electrons. The Morgan fingerprint density at radius 1 is 1.00 bits per heavy atom. The lowest BCUT2D eigenvalue weighted by Crippen LogP contribution is -2.35. The molecule has 3 rings (SSSR count). The molecule has 27 heavy (non-hydrogen) atoms. The number of sulfonamides is 1. The first kappa shape index (κ1) is 19.1. The van der Waals surface area contributed by atoms with Crippen LogP contribution >= 0.6 is 0 Å². The SMILES string of the molecule is COc1ccc(Oc2ccc(S(=O)(=O)N3CCCCC3)cc2[N+](=O)[O-])cc1. The molecule has 1 aliphatic rings. The van der Waals surface area contributed by atoms with E-state index >= 15 is 0 Å². The molecule has 1 aliphatic heterocycles. The average Bonchev–Trinajstić information content (AvgIpc) is 2.69. The van der Waals surface area contributed by atoms with Gasteiger partial charge >= 0.3 is 5.69 Å². The van der Waals surface area contributed by atoms with Crippen molar-refractivity contribution in [1.29, 1.82) is 0 Å². The standard InChI is InChI=1S/C18H20N2O6S/c1-25-14-5-7-15(8-6-14)26-18-10-9-16(13-17(18)20(21)22)27(23,24)19-11-3-2-4-12-19/h5-10,13H,2-4,11-12H2,1H3. The summed E-state index contributed by atoms with van der Waals surface area (Å²) in [6, 6.07) is 10.3. The van der Waals surface area contributed by atoms with Gasteiger partial charge in [0.2, 0.25) is 15.8 Å². The predicted molar refractivity (Wildman–Crippen MR) is 98.8 cm³/mol. The molecule has 0 spiro atoms. The van der Waals surface area contributed by atoms with E-state index in [-0.39, 0.29) is 10.6 Å². The molecule has 1 saturated heterocycles. The van der Waals surface area contributed by atoms with E-state index in [0.717, 1.165) is 25.3 Å². The maximum absolute atomic E-state index is 12.8. The summed E-state index contributed by atoms with van der Waals surface area (Å²) in [5.74, 6) is 0.980. The molecule has 0 N–H and O–H groups in total. The number of nitrogens with zero attached hydrogens (tertiary/aromatic N) is 2. The van der Waals surface area contributed by atoms with Gasteiger partial charge in [0.25, 0.3) is 0 Å². The van der Waals surface area contributed by atoms with Crippen LogP contribution in [0.1, 0.15) is 19.3 Å². The molecule has 9 heteroatoms. The third kappa shape index (κ3) is 4.20. The molecule has 0 amide bonds. The van der Waals surface area contributed by atoms with Crippen molar-refractivity contribution >= 4 is 15.7 Å². The number of piperidine rings is 1. The van der Waals surface area contributed by atoms with Crippen LogP contribution in [0.25, 0.3) is 0 Å². The number of hydrogen-bond acceptors (Lipinski definition) is 6. The second kappa shape index (κ2) is 7.93. The molecule has 2 aromatic carbocycles. The van der Waals surface area contributed by atoms with Crippen LogP contribution in [0.3, 0.4) is 0 Å². The fourth-order valence-corrected chi connectivity index (χ4v) is 4.45. The zero-order valence-corrected chi connectivity index (χ0v) is 15.6. The first-order chi connectivity index (χ1) is 12.9. The van der Waals surface area contributed by atoms with Crippen molar-refractivity contribution in [2.75, 3.05) is 20.2 Å². The van der Waals surface area contributed by atoms with Crippen molar-refractivity contribution < 1.29 is 22.8 Å². The number of benzene rings is 2. The molecule has 1 heterocycles. The van der Waals surface area contributed by atoms with Gasteiger partial charge in [-0.2, -0.15) is 4.31 Å². The van der Waals surface area contributed by atoms with E-state index < -0.39 is 20.6 Å². The van der Waals surface area contributed by atoms with Crippen LogP contribution in [-0.2, 0) is 10.0 Å². The highest BCUT2D eigenvalue weighted by Gasteiger charge is 2.29. The second-order valence-electron chi connectivity index (χ2n) is 6.13. The highest BCUT2D eigenvalue weighted by Crippen LogP contribution is 2.35. The molecular formula is C18H20N2O6S. The normalized spacial score (nSPS) is 15.3. The zero-order valence-electron chi connectivity index (χ0n) is 14.8. The molecule has 0 unspecified atom stereocenters. The molecule has 2 aromatic rings. The molecule has 0 aliphatic carbocycles. The molecule has 144 valence electrons. The predicted octanol–water partition coefficient (Wildman–Crippen LogP) is 3.57. The van der Waals surface area contributed by atoms with Crippen molar-refractivity contribution in [3.05, 3.63) is 52.6 Å². The van der Waals surface area contributed by atoms with Crippen LogP contribution in [0.5, 0.6) is 17.2 Å². The summed E-state index contributed by atoms with van der Waals surface area (Å²) in [5, 5.41) is 11.5. The Balaban J connectivity index is 1.91. The van der Waals surface area contributed by atoms with Crippen LogP contribution in [-0.4, -0.2) is 37.8 Å². The third-order valence-electron chi connectivity index (χ3n) is 4.37. The Kier molecular flexibility index (Phi) is 5.62. The van der Waals surface area contributed by atoms with E-state index in [0.29, 0.717) is 24.6 Å². The average molecular weight is 392 g/mol. The maximum atomic E-state index is 12.8. The fraction of sp³-hybridized carbons (Fsp3) is 0.333. The number of hydrogen-bond donors (Lipinski definition) is 0. The van der Waals surface area contributed by atoms with Crippen molar-refractivity contribution in [3.63, 3.8) is 0 Å². The van der Waals surface area contributed by atoms with Gasteiger partial charge in [-0.3, -0.25) is 10.1 Å². The summed E-state index contributed by atoms with van der Waals surface area (Å²) in [7, 11) is -2.23. The molecule has 0 bridgehead atoms. The Labute approximate surface area is 157 Å². The number of ether oxygens (including phenoxy) is 2. The first-order valence-electron chi connectivity index (χ1n) is 8.52. The van der Waals surface area contributed by atoms with Gasteiger partial charge in [0.15, 0.2) is 0 Å². The van der Waals surface area contributed by atoms with Gasteiger partial charge < -0.3 is 9.47 Å². The summed E-state index contributed by atoms with van der Waals surface area (Å²) in [5.41, 5.74) is -0.399. The summed E-state index contributed by atoms with van der Waals surface area (Å²) in [6.07, 6.45) is 2.57. The van der Waals surface area contributed by atoms with E-state index in [1.165, 1.54) is 23.5 Å². The molecule has 0 atom stereocenters. The van der Waals surface area contributed by atoms with Gasteiger partial charge in [0, 0.05) is 19.2 Å². The molecule has 8 nitrogen and oxygen atoms in total. The monoisotopic (exact) mass is 392 g/mol. The molecular weight excluding hydrogens is 372 g/mol. The minimum absolute atomic E-state index is 0.0252. The summed E-state index contributed by atoms with van der Waals surface area (Å²) < 4.78 is 37.5. The minimum atomic E-state index is -3.76. The van der Waals surface area contributed by atoms with Gasteiger partial charge in [-0.1, -0.05) is 6.42 Å². The number of nitro groups is 1. The smallest absolute Gasteiger partial charge is 0.312 e. The lowest BCUT2D eigenvalue weighted by molar-refractivity contribution is -0.385. The van der Waals surface area contributed by atoms with E-state index in [1.54, 1.807) is 24.3 Å². The number of rotatable bonds is 6. The first-order valence-corrected chi connectivity index (χ1v) is 9.96. The summed E-state index contributed by atoms with van der Waals surface area (Å²) in [4.78, 5) is 10.7. The van der Waals surface area contributed by atoms with Crippen molar-refractivity contribution in [3.8, 4) is 17.2 Å². The lowest BCUT2D eigenvalue weighted by Gasteiger charge is -2.25. The van der Waals surface area contributed by atoms with Crippen LogP contribution in [0.2, 0.25) is 0 Å². The van der Waals surface area contributed by atoms with Crippen LogP contribution in [0.15, 0.2) is 47.4 Å². The van der Waals surface area contributed by atoms with E-state index in [1.807, 2.05) is 0 Å². The van der Waals surface area contributed by atoms with E-state index in [2.05, 4.69) is 0 Å². The molecule has 0 saturated carbocycles. The van der Waals surface area contributed by atoms with Crippen LogP contribution in [0.4, 0.5) is 5.69 Å². The van der Waals surface area contributed by atoms with Crippen molar-refractivity contribution in [1.82, 2.24) is 4.31 Å². The van der Waals surface area contributed by atoms with Crippen LogP contribution < -0.4 is 9.47 Å². The number of methoxy groups -OCH3 is 1. The van der Waals surface area contributed by atoms with Gasteiger partial charge in [-0.05, 0) is 49.2 Å². The largest absolute Gasteiger partial charge is 0.497 e. The topological polar surface area (TPSA) is 99.0 Å². The quantitative estimate of drug-likeness (QED) is 0.550. The number of nitro benzene ring substituents is 1. The van der Waals surface area contributed by atoms with E-state index in [4.69, 9.17) is 9.47 Å². The Bertz CT molecular complexity index is 921. The Morgan fingerprint density at radius 2 is 1.63 bits per heavy atom. The Hall–Kier alpha value is -2.65. The second-order valence-corrected chi connectivity index (χ2v) is 8.07. The summed E-state index contributed by atoms with van der Waals surface area (Å²) in [6.45, 7) is 0.862. The van der Waals surface area contributed by atoms with Gasteiger partial charge in [0.05, 0.1) is 16.9 Å². The van der Waals surface area contributed by atoms with Crippen molar-refractivity contribution in [2.45, 2.75) is 24.2 Å². The maximum Gasteiger partial charge on any atom is 0.312 e. The third-order valence-corrected chi connectivity index (χ3v) is 6.26. The highest BCUT2D eigenvalue weighted by atomic mass is 32.2. The highest BCUT2D eigenvalue weighted by molar-refractivity contribution is 7.89.